The van der Waals surface area contributed by atoms with E-state index in [9.17, 15) is 14.7 Å². The number of amides is 2. The highest BCUT2D eigenvalue weighted by Gasteiger charge is 2.34. The zero-order valence-corrected chi connectivity index (χ0v) is 17.5. The number of para-hydroxylation sites is 1. The Kier molecular flexibility index (Phi) is 4.23. The fourth-order valence-electron chi connectivity index (χ4n) is 5.07. The van der Waals surface area contributed by atoms with Gasteiger partial charge in [0, 0.05) is 32.6 Å². The number of aliphatic hydroxyl groups excluding tert-OH is 2. The molecular formula is C25H21N3O5. The second-order valence-corrected chi connectivity index (χ2v) is 8.62. The number of aliphatic hydroxyl groups is 2. The summed E-state index contributed by atoms with van der Waals surface area (Å²) in [7, 11) is 0. The number of benzene rings is 3. The Morgan fingerprint density at radius 3 is 1.94 bits per heavy atom. The van der Waals surface area contributed by atoms with Gasteiger partial charge in [-0.1, -0.05) is 18.2 Å². The summed E-state index contributed by atoms with van der Waals surface area (Å²) in [6.45, 7) is 0. The molecule has 0 bridgehead atoms. The fourth-order valence-corrected chi connectivity index (χ4v) is 5.07. The molecule has 6 N–H and O–H groups in total. The van der Waals surface area contributed by atoms with Crippen molar-refractivity contribution < 1.29 is 24.9 Å². The number of aromatic hydroxyl groups is 1. The number of aromatic nitrogens is 2. The lowest BCUT2D eigenvalue weighted by Crippen LogP contribution is -2.20. The van der Waals surface area contributed by atoms with E-state index in [1.54, 1.807) is 18.2 Å². The van der Waals surface area contributed by atoms with E-state index in [2.05, 4.69) is 15.3 Å². The number of fused-ring (bicyclic) bond motifs is 10. The number of rotatable bonds is 0. The summed E-state index contributed by atoms with van der Waals surface area (Å²) in [6, 6.07) is 12.7. The highest BCUT2D eigenvalue weighted by Crippen LogP contribution is 2.42. The monoisotopic (exact) mass is 443 g/mol. The van der Waals surface area contributed by atoms with Crippen LogP contribution in [0, 0.1) is 0 Å². The quantitative estimate of drug-likeness (QED) is 0.204. The van der Waals surface area contributed by atoms with Crippen LogP contribution in [0.4, 0.5) is 0 Å². The van der Waals surface area contributed by atoms with Gasteiger partial charge in [-0.15, -0.1) is 0 Å². The molecule has 8 heteroatoms. The maximum atomic E-state index is 12.6. The molecule has 3 aromatic carbocycles. The van der Waals surface area contributed by atoms with E-state index in [-0.39, 0.29) is 5.75 Å². The molecule has 3 heterocycles. The smallest absolute Gasteiger partial charge is 0.259 e. The Hall–Kier alpha value is -3.88. The first-order valence-corrected chi connectivity index (χ1v) is 10.9. The van der Waals surface area contributed by atoms with E-state index >= 15 is 0 Å². The van der Waals surface area contributed by atoms with Gasteiger partial charge in [-0.25, -0.2) is 0 Å². The summed E-state index contributed by atoms with van der Waals surface area (Å²) in [5.74, 6) is -0.698. The molecule has 7 rings (SSSR count). The third-order valence-corrected chi connectivity index (χ3v) is 6.61. The highest BCUT2D eigenvalue weighted by atomic mass is 16.3. The predicted octanol–water partition coefficient (Wildman–Crippen LogP) is 3.44. The summed E-state index contributed by atoms with van der Waals surface area (Å²) in [6.07, 6.45) is 1.67. The van der Waals surface area contributed by atoms with Crippen LogP contribution in [0.15, 0.2) is 42.5 Å². The van der Waals surface area contributed by atoms with Crippen LogP contribution in [-0.4, -0.2) is 49.3 Å². The first-order valence-electron chi connectivity index (χ1n) is 10.9. The molecule has 0 spiro atoms. The summed E-state index contributed by atoms with van der Waals surface area (Å²) in [5.41, 5.74) is 3.96. The molecule has 0 radical (unpaired) electrons. The van der Waals surface area contributed by atoms with Crippen molar-refractivity contribution in [3.8, 4) is 5.75 Å². The van der Waals surface area contributed by atoms with Crippen molar-refractivity contribution in [2.45, 2.75) is 31.5 Å². The van der Waals surface area contributed by atoms with Crippen LogP contribution >= 0.6 is 0 Å². The van der Waals surface area contributed by atoms with Crippen molar-refractivity contribution in [2.75, 3.05) is 0 Å². The van der Waals surface area contributed by atoms with Crippen LogP contribution in [0.2, 0.25) is 0 Å². The average molecular weight is 443 g/mol. The Bertz CT molecular complexity index is 1610. The molecule has 1 saturated carbocycles. The van der Waals surface area contributed by atoms with Gasteiger partial charge >= 0.3 is 0 Å². The first-order chi connectivity index (χ1) is 15.9. The van der Waals surface area contributed by atoms with Crippen LogP contribution in [-0.2, 0) is 0 Å². The number of phenolic OH excluding ortho intramolecular Hbond substituents is 1. The maximum Gasteiger partial charge on any atom is 0.259 e. The summed E-state index contributed by atoms with van der Waals surface area (Å²) in [5, 5.41) is 32.8. The molecule has 2 aliphatic rings. The second kappa shape index (κ2) is 7.06. The van der Waals surface area contributed by atoms with Crippen molar-refractivity contribution in [2.24, 2.45) is 0 Å². The van der Waals surface area contributed by atoms with Crippen molar-refractivity contribution in [1.29, 1.82) is 0 Å². The molecule has 5 aromatic rings. The van der Waals surface area contributed by atoms with Gasteiger partial charge in [-0.3, -0.25) is 14.9 Å². The van der Waals surface area contributed by atoms with Gasteiger partial charge in [0.1, 0.15) is 5.75 Å². The molecular weight excluding hydrogens is 422 g/mol. The van der Waals surface area contributed by atoms with E-state index < -0.39 is 24.0 Å². The number of carbonyl (C=O) groups excluding carboxylic acids is 2. The zero-order chi connectivity index (χ0) is 22.9. The van der Waals surface area contributed by atoms with Crippen molar-refractivity contribution in [3.63, 3.8) is 0 Å². The van der Waals surface area contributed by atoms with E-state index in [4.69, 9.17) is 10.2 Å². The largest absolute Gasteiger partial charge is 0.508 e. The molecule has 2 atom stereocenters. The van der Waals surface area contributed by atoms with Gasteiger partial charge in [-0.05, 0) is 43.5 Å². The van der Waals surface area contributed by atoms with E-state index in [0.29, 0.717) is 21.9 Å². The minimum atomic E-state index is -0.431. The third-order valence-electron chi connectivity index (χ3n) is 6.61. The number of hydrogen-bond donors (Lipinski definition) is 6. The van der Waals surface area contributed by atoms with Crippen molar-refractivity contribution in [1.82, 2.24) is 15.3 Å². The number of hydrogen-bond acceptors (Lipinski definition) is 5. The van der Waals surface area contributed by atoms with Gasteiger partial charge < -0.3 is 25.3 Å². The van der Waals surface area contributed by atoms with Crippen LogP contribution in [0.25, 0.3) is 43.6 Å². The van der Waals surface area contributed by atoms with Gasteiger partial charge in [0.15, 0.2) is 0 Å². The molecule has 1 aliphatic carbocycles. The van der Waals surface area contributed by atoms with E-state index in [1.165, 1.54) is 0 Å². The highest BCUT2D eigenvalue weighted by molar-refractivity contribution is 6.39. The molecule has 2 amide bonds. The Balaban J connectivity index is 0.000000255. The molecule has 1 fully saturated rings. The summed E-state index contributed by atoms with van der Waals surface area (Å²) >= 11 is 0. The van der Waals surface area contributed by atoms with Gasteiger partial charge in [0.05, 0.1) is 34.4 Å². The molecule has 2 aromatic heterocycles. The minimum absolute atomic E-state index is 0.105. The maximum absolute atomic E-state index is 12.6. The molecule has 33 heavy (non-hydrogen) atoms. The number of nitrogens with one attached hydrogen (secondary N) is 3. The minimum Gasteiger partial charge on any atom is -0.508 e. The van der Waals surface area contributed by atoms with Crippen LogP contribution in [0.3, 0.4) is 0 Å². The number of aromatic amines is 2. The first kappa shape index (κ1) is 19.8. The SMILES string of the molecule is O=C1NC(=O)c2c1c1c3ccccc3[nH]c1c1[nH]c3ccc(O)cc3c21.OC1CCCC1O. The van der Waals surface area contributed by atoms with Crippen LogP contribution < -0.4 is 5.32 Å². The average Bonchev–Trinajstić information content (AvgIpc) is 3.53. The van der Waals surface area contributed by atoms with Gasteiger partial charge in [-0.2, -0.15) is 0 Å². The number of imide groups is 1. The Labute approximate surface area is 186 Å². The van der Waals surface area contributed by atoms with Crippen molar-refractivity contribution >= 4 is 55.4 Å². The third kappa shape index (κ3) is 2.84. The van der Waals surface area contributed by atoms with E-state index in [0.717, 1.165) is 52.1 Å². The molecule has 1 aliphatic heterocycles. The fraction of sp³-hybridized carbons (Fsp3) is 0.200. The number of phenols is 1. The molecule has 0 saturated heterocycles. The molecule has 166 valence electrons. The lowest BCUT2D eigenvalue weighted by Gasteiger charge is -2.03. The van der Waals surface area contributed by atoms with Crippen molar-refractivity contribution in [3.05, 3.63) is 53.6 Å². The molecule has 2 unspecified atom stereocenters. The summed E-state index contributed by atoms with van der Waals surface area (Å²) in [4.78, 5) is 31.9. The number of carbonyl (C=O) groups is 2. The zero-order valence-electron chi connectivity index (χ0n) is 17.5. The molecule has 8 nitrogen and oxygen atoms in total. The lowest BCUT2D eigenvalue weighted by atomic mass is 9.97. The topological polar surface area (TPSA) is 138 Å². The van der Waals surface area contributed by atoms with Gasteiger partial charge in [0.2, 0.25) is 0 Å². The number of H-pyrrole nitrogens is 2. The van der Waals surface area contributed by atoms with Crippen LogP contribution in [0.1, 0.15) is 40.0 Å². The van der Waals surface area contributed by atoms with E-state index in [1.807, 2.05) is 24.3 Å². The predicted molar refractivity (Wildman–Crippen MR) is 124 cm³/mol. The summed E-state index contributed by atoms with van der Waals surface area (Å²) < 4.78 is 0. The Morgan fingerprint density at radius 2 is 1.33 bits per heavy atom. The Morgan fingerprint density at radius 1 is 0.758 bits per heavy atom. The second-order valence-electron chi connectivity index (χ2n) is 8.62. The normalized spacial score (nSPS) is 19.9. The standard InChI is InChI=1S/C20H11N3O3.C5H10O2/c24-8-5-6-12-10(7-8)14-16-15(19(25)23-20(16)26)13-9-3-1-2-4-11(9)21-17(13)18(14)22-12;6-4-2-1-3-5(4)7/h1-7,21-22,24H,(H,23,25,26);4-7H,1-3H2. The van der Waals surface area contributed by atoms with Crippen LogP contribution in [0.5, 0.6) is 5.75 Å². The van der Waals surface area contributed by atoms with Gasteiger partial charge in [0.25, 0.3) is 11.8 Å². The lowest BCUT2D eigenvalue weighted by molar-refractivity contribution is 0.0438.